The molecule has 4 rings (SSSR count). The first-order valence-corrected chi connectivity index (χ1v) is 11.4. The summed E-state index contributed by atoms with van der Waals surface area (Å²) in [6, 6.07) is 16.6. The van der Waals surface area contributed by atoms with Crippen LogP contribution in [0.25, 0.3) is 0 Å². The van der Waals surface area contributed by atoms with Gasteiger partial charge in [0.05, 0.1) is 18.2 Å². The second kappa shape index (κ2) is 7.97. The number of hydrogen-bond acceptors (Lipinski definition) is 5. The molecule has 1 N–H and O–H groups in total. The molecule has 2 aromatic carbocycles. The van der Waals surface area contributed by atoms with Crippen molar-refractivity contribution in [3.8, 4) is 0 Å². The molecule has 0 saturated heterocycles. The van der Waals surface area contributed by atoms with E-state index in [1.807, 2.05) is 6.07 Å². The summed E-state index contributed by atoms with van der Waals surface area (Å²) in [5.74, 6) is 0.329. The summed E-state index contributed by atoms with van der Waals surface area (Å²) in [7, 11) is -3.41. The van der Waals surface area contributed by atoms with E-state index in [4.69, 9.17) is 16.0 Å². The van der Waals surface area contributed by atoms with Crippen molar-refractivity contribution < 1.29 is 17.6 Å². The molecule has 7 nitrogen and oxygen atoms in total. The largest absolute Gasteiger partial charge is 0.467 e. The Hall–Kier alpha value is -3.10. The van der Waals surface area contributed by atoms with Crippen LogP contribution >= 0.6 is 11.6 Å². The molecule has 3 aromatic rings. The average molecular weight is 444 g/mol. The predicted octanol–water partition coefficient (Wildman–Crippen LogP) is 4.30. The summed E-state index contributed by atoms with van der Waals surface area (Å²) in [4.78, 5) is 13.1. The number of halogens is 1. The lowest BCUT2D eigenvalue weighted by Gasteiger charge is -2.19. The van der Waals surface area contributed by atoms with Crippen LogP contribution in [0.5, 0.6) is 0 Å². The van der Waals surface area contributed by atoms with Gasteiger partial charge in [0.15, 0.2) is 0 Å². The number of nitrogens with zero attached hydrogens (tertiary/aromatic N) is 2. The number of furan rings is 1. The van der Waals surface area contributed by atoms with Crippen molar-refractivity contribution in [2.24, 2.45) is 5.10 Å². The highest BCUT2D eigenvalue weighted by Crippen LogP contribution is 2.34. The summed E-state index contributed by atoms with van der Waals surface area (Å²) in [5.41, 5.74) is 2.24. The number of amides is 1. The number of nitrogens with one attached hydrogen (secondary N) is 1. The van der Waals surface area contributed by atoms with Crippen molar-refractivity contribution >= 4 is 38.9 Å². The van der Waals surface area contributed by atoms with E-state index in [1.54, 1.807) is 60.9 Å². The molecule has 1 aromatic heterocycles. The van der Waals surface area contributed by atoms with Crippen LogP contribution < -0.4 is 4.72 Å². The molecular formula is C21H18ClN3O4S. The molecular weight excluding hydrogens is 426 g/mol. The summed E-state index contributed by atoms with van der Waals surface area (Å²) in [6.07, 6.45) is 3.07. The van der Waals surface area contributed by atoms with E-state index in [0.29, 0.717) is 39.7 Å². The number of anilines is 1. The van der Waals surface area contributed by atoms with Crippen molar-refractivity contribution in [2.75, 3.05) is 11.0 Å². The monoisotopic (exact) mass is 443 g/mol. The van der Waals surface area contributed by atoms with Crippen molar-refractivity contribution in [1.29, 1.82) is 0 Å². The van der Waals surface area contributed by atoms with Gasteiger partial charge in [-0.25, -0.2) is 13.4 Å². The number of carbonyl (C=O) groups excluding carboxylic acids is 1. The number of benzene rings is 2. The van der Waals surface area contributed by atoms with Crippen LogP contribution in [0.4, 0.5) is 5.69 Å². The molecule has 0 aliphatic carbocycles. The van der Waals surface area contributed by atoms with Crippen LogP contribution in [0, 0.1) is 0 Å². The number of sulfonamides is 1. The van der Waals surface area contributed by atoms with E-state index >= 15 is 0 Å². The second-order valence-electron chi connectivity index (χ2n) is 6.89. The average Bonchev–Trinajstić information content (AvgIpc) is 3.37. The summed E-state index contributed by atoms with van der Waals surface area (Å²) >= 11 is 5.93. The minimum absolute atomic E-state index is 0.284. The van der Waals surface area contributed by atoms with Crippen LogP contribution in [0.2, 0.25) is 5.02 Å². The fourth-order valence-corrected chi connectivity index (χ4v) is 3.96. The Morgan fingerprint density at radius 2 is 1.93 bits per heavy atom. The molecule has 0 fully saturated rings. The number of carbonyl (C=O) groups is 1. The van der Waals surface area contributed by atoms with Gasteiger partial charge in [-0.15, -0.1) is 0 Å². The van der Waals surface area contributed by atoms with E-state index in [-0.39, 0.29) is 5.91 Å². The Morgan fingerprint density at radius 3 is 2.60 bits per heavy atom. The lowest BCUT2D eigenvalue weighted by Crippen LogP contribution is -2.26. The van der Waals surface area contributed by atoms with Gasteiger partial charge in [0.25, 0.3) is 5.91 Å². The molecule has 30 heavy (non-hydrogen) atoms. The lowest BCUT2D eigenvalue weighted by atomic mass is 10.0. The topological polar surface area (TPSA) is 92.0 Å². The number of rotatable bonds is 5. The highest BCUT2D eigenvalue weighted by atomic mass is 35.5. The Balaban J connectivity index is 1.69. The normalized spacial score (nSPS) is 16.4. The quantitative estimate of drug-likeness (QED) is 0.636. The summed E-state index contributed by atoms with van der Waals surface area (Å²) in [5, 5.41) is 6.50. The van der Waals surface area contributed by atoms with Crippen LogP contribution in [0.15, 0.2) is 76.4 Å². The van der Waals surface area contributed by atoms with Gasteiger partial charge in [0.2, 0.25) is 10.0 Å². The minimum atomic E-state index is -3.41. The Bertz CT molecular complexity index is 1210. The molecule has 2 heterocycles. The minimum Gasteiger partial charge on any atom is -0.467 e. The fraction of sp³-hybridized carbons (Fsp3) is 0.143. The molecule has 1 aliphatic heterocycles. The Kier molecular flexibility index (Phi) is 5.36. The highest BCUT2D eigenvalue weighted by Gasteiger charge is 2.35. The first-order chi connectivity index (χ1) is 14.3. The van der Waals surface area contributed by atoms with Gasteiger partial charge in [-0.2, -0.15) is 5.10 Å². The second-order valence-corrected chi connectivity index (χ2v) is 9.08. The maximum atomic E-state index is 13.1. The van der Waals surface area contributed by atoms with Crippen LogP contribution in [-0.2, 0) is 10.0 Å². The molecule has 0 spiro atoms. The molecule has 0 bridgehead atoms. The highest BCUT2D eigenvalue weighted by molar-refractivity contribution is 7.92. The molecule has 9 heteroatoms. The summed E-state index contributed by atoms with van der Waals surface area (Å²) < 4.78 is 31.1. The third-order valence-electron chi connectivity index (χ3n) is 4.58. The predicted molar refractivity (Wildman–Crippen MR) is 115 cm³/mol. The first kappa shape index (κ1) is 20.2. The van der Waals surface area contributed by atoms with Gasteiger partial charge in [-0.05, 0) is 54.1 Å². The van der Waals surface area contributed by atoms with Crippen molar-refractivity contribution in [1.82, 2.24) is 5.01 Å². The Labute approximate surface area is 179 Å². The lowest BCUT2D eigenvalue weighted by molar-refractivity contribution is 0.0693. The summed E-state index contributed by atoms with van der Waals surface area (Å²) in [6.45, 7) is 0. The molecule has 0 unspecified atom stereocenters. The molecule has 0 radical (unpaired) electrons. The van der Waals surface area contributed by atoms with Crippen LogP contribution in [-0.4, -0.2) is 31.3 Å². The first-order valence-electron chi connectivity index (χ1n) is 9.08. The molecule has 1 atom stereocenters. The van der Waals surface area contributed by atoms with Crippen molar-refractivity contribution in [3.05, 3.63) is 88.8 Å². The van der Waals surface area contributed by atoms with Crippen molar-refractivity contribution in [2.45, 2.75) is 12.5 Å². The Morgan fingerprint density at radius 1 is 1.17 bits per heavy atom. The van der Waals surface area contributed by atoms with Gasteiger partial charge >= 0.3 is 0 Å². The zero-order valence-corrected chi connectivity index (χ0v) is 17.5. The zero-order chi connectivity index (χ0) is 21.3. The fourth-order valence-electron chi connectivity index (χ4n) is 3.28. The standard InChI is InChI=1S/C21H18ClN3O4S/c1-30(27,28)24-17-5-2-4-15(12-17)18-13-19(20-6-3-11-29-20)25(23-18)21(26)14-7-9-16(22)10-8-14/h2-12,19,24H,13H2,1H3/t19-/m1/s1. The molecule has 1 amide bonds. The van der Waals surface area contributed by atoms with Gasteiger partial charge in [-0.1, -0.05) is 23.7 Å². The maximum Gasteiger partial charge on any atom is 0.274 e. The molecule has 0 saturated carbocycles. The van der Waals surface area contributed by atoms with Crippen molar-refractivity contribution in [3.63, 3.8) is 0 Å². The van der Waals surface area contributed by atoms with E-state index in [0.717, 1.165) is 6.26 Å². The zero-order valence-electron chi connectivity index (χ0n) is 15.9. The van der Waals surface area contributed by atoms with E-state index < -0.39 is 16.1 Å². The van der Waals surface area contributed by atoms with Gasteiger partial charge < -0.3 is 4.42 Å². The number of hydrogen-bond donors (Lipinski definition) is 1. The van der Waals surface area contributed by atoms with Gasteiger partial charge in [0, 0.05) is 22.7 Å². The van der Waals surface area contributed by atoms with Gasteiger partial charge in [0.1, 0.15) is 11.8 Å². The van der Waals surface area contributed by atoms with E-state index in [1.165, 1.54) is 5.01 Å². The van der Waals surface area contributed by atoms with E-state index in [9.17, 15) is 13.2 Å². The third-order valence-corrected chi connectivity index (χ3v) is 5.44. The number of hydrazone groups is 1. The van der Waals surface area contributed by atoms with Crippen LogP contribution in [0.1, 0.15) is 34.1 Å². The smallest absolute Gasteiger partial charge is 0.274 e. The third kappa shape index (κ3) is 4.39. The van der Waals surface area contributed by atoms with Crippen LogP contribution in [0.3, 0.4) is 0 Å². The van der Waals surface area contributed by atoms with Gasteiger partial charge in [-0.3, -0.25) is 9.52 Å². The maximum absolute atomic E-state index is 13.1. The SMILES string of the molecule is CS(=O)(=O)Nc1cccc(C2=NN(C(=O)c3ccc(Cl)cc3)[C@@H](c3ccco3)C2)c1. The van der Waals surface area contributed by atoms with E-state index in [2.05, 4.69) is 9.82 Å². The molecule has 1 aliphatic rings. The molecule has 154 valence electrons.